The lowest BCUT2D eigenvalue weighted by atomic mass is 9.91. The molecule has 0 aromatic carbocycles. The number of hydrogen-bond acceptors (Lipinski definition) is 3. The van der Waals surface area contributed by atoms with Gasteiger partial charge in [0, 0.05) is 22.5 Å². The van der Waals surface area contributed by atoms with Crippen LogP contribution in [-0.4, -0.2) is 17.8 Å². The summed E-state index contributed by atoms with van der Waals surface area (Å²) in [5.41, 5.74) is 4.99. The number of nitrogens with zero attached hydrogens (tertiary/aromatic N) is 2. The first-order valence-electron chi connectivity index (χ1n) is 8.44. The van der Waals surface area contributed by atoms with Crippen molar-refractivity contribution in [3.05, 3.63) is 22.4 Å². The molecular formula is C18H26N3S+. The maximum absolute atomic E-state index is 9.82. The van der Waals surface area contributed by atoms with E-state index in [-0.39, 0.29) is 4.75 Å². The largest absolute Gasteiger partial charge is 0.293 e. The molecule has 0 radical (unpaired) electrons. The SMILES string of the molecule is CCCc1[nH+]c(N2CCCC2)c(C#N)c2c1CSC(C)(C)C2. The lowest BCUT2D eigenvalue weighted by molar-refractivity contribution is -0.377. The van der Waals surface area contributed by atoms with Crippen molar-refractivity contribution in [2.24, 2.45) is 0 Å². The molecule has 0 atom stereocenters. The minimum Gasteiger partial charge on any atom is -0.261 e. The molecule has 22 heavy (non-hydrogen) atoms. The molecule has 0 spiro atoms. The lowest BCUT2D eigenvalue weighted by Crippen LogP contribution is -2.34. The molecule has 0 unspecified atom stereocenters. The molecule has 3 nitrogen and oxygen atoms in total. The fourth-order valence-electron chi connectivity index (χ4n) is 3.63. The number of aryl methyl sites for hydroxylation is 1. The highest BCUT2D eigenvalue weighted by molar-refractivity contribution is 7.99. The fraction of sp³-hybridized carbons (Fsp3) is 0.667. The Morgan fingerprint density at radius 1 is 1.27 bits per heavy atom. The van der Waals surface area contributed by atoms with E-state index in [9.17, 15) is 5.26 Å². The highest BCUT2D eigenvalue weighted by Gasteiger charge is 2.35. The van der Waals surface area contributed by atoms with E-state index in [0.717, 1.165) is 49.5 Å². The Balaban J connectivity index is 2.15. The molecule has 0 amide bonds. The van der Waals surface area contributed by atoms with Gasteiger partial charge in [0.1, 0.15) is 17.3 Å². The van der Waals surface area contributed by atoms with Gasteiger partial charge in [-0.2, -0.15) is 17.0 Å². The van der Waals surface area contributed by atoms with Crippen LogP contribution >= 0.6 is 11.8 Å². The van der Waals surface area contributed by atoms with Gasteiger partial charge in [0.2, 0.25) is 0 Å². The van der Waals surface area contributed by atoms with Crippen LogP contribution < -0.4 is 9.88 Å². The molecule has 3 rings (SSSR count). The molecule has 0 bridgehead atoms. The van der Waals surface area contributed by atoms with Crippen molar-refractivity contribution < 1.29 is 4.98 Å². The number of rotatable bonds is 3. The number of thioether (sulfide) groups is 1. The summed E-state index contributed by atoms with van der Waals surface area (Å²) >= 11 is 2.02. The smallest absolute Gasteiger partial charge is 0.261 e. The van der Waals surface area contributed by atoms with Gasteiger partial charge in [0.05, 0.1) is 13.1 Å². The number of fused-ring (bicyclic) bond motifs is 1. The van der Waals surface area contributed by atoms with E-state index >= 15 is 0 Å². The number of pyridine rings is 1. The first kappa shape index (κ1) is 15.7. The predicted octanol–water partition coefficient (Wildman–Crippen LogP) is 3.49. The van der Waals surface area contributed by atoms with Crippen LogP contribution in [0.1, 0.15) is 62.4 Å². The number of nitrogens with one attached hydrogen (secondary N) is 1. The second-order valence-corrected chi connectivity index (χ2v) is 8.75. The van der Waals surface area contributed by atoms with Gasteiger partial charge in [-0.05, 0) is 31.2 Å². The van der Waals surface area contributed by atoms with E-state index in [2.05, 4.69) is 36.7 Å². The predicted molar refractivity (Wildman–Crippen MR) is 92.2 cm³/mol. The molecule has 118 valence electrons. The normalized spacial score (nSPS) is 19.8. The van der Waals surface area contributed by atoms with E-state index in [1.54, 1.807) is 0 Å². The summed E-state index contributed by atoms with van der Waals surface area (Å²) in [6, 6.07) is 2.53. The average molecular weight is 316 g/mol. The van der Waals surface area contributed by atoms with Crippen molar-refractivity contribution in [1.29, 1.82) is 5.26 Å². The molecule has 0 saturated carbocycles. The zero-order valence-electron chi connectivity index (χ0n) is 14.0. The fourth-order valence-corrected chi connectivity index (χ4v) is 4.76. The Morgan fingerprint density at radius 3 is 2.64 bits per heavy atom. The monoisotopic (exact) mass is 316 g/mol. The van der Waals surface area contributed by atoms with Crippen molar-refractivity contribution in [3.8, 4) is 6.07 Å². The summed E-state index contributed by atoms with van der Waals surface area (Å²) in [6.45, 7) is 8.98. The minimum absolute atomic E-state index is 0.228. The Kier molecular flexibility index (Phi) is 4.36. The first-order valence-corrected chi connectivity index (χ1v) is 9.43. The summed E-state index contributed by atoms with van der Waals surface area (Å²) in [5.74, 6) is 2.12. The minimum atomic E-state index is 0.228. The van der Waals surface area contributed by atoms with Gasteiger partial charge in [-0.15, -0.1) is 0 Å². The van der Waals surface area contributed by atoms with E-state index in [0.29, 0.717) is 0 Å². The topological polar surface area (TPSA) is 41.2 Å². The van der Waals surface area contributed by atoms with Gasteiger partial charge in [-0.25, -0.2) is 4.98 Å². The molecule has 1 saturated heterocycles. The number of hydrogen-bond donors (Lipinski definition) is 0. The zero-order chi connectivity index (χ0) is 15.7. The van der Waals surface area contributed by atoms with Gasteiger partial charge >= 0.3 is 0 Å². The van der Waals surface area contributed by atoms with Crippen molar-refractivity contribution >= 4 is 17.6 Å². The summed E-state index contributed by atoms with van der Waals surface area (Å²) in [5, 5.41) is 9.82. The van der Waals surface area contributed by atoms with Crippen LogP contribution in [-0.2, 0) is 18.6 Å². The summed E-state index contributed by atoms with van der Waals surface area (Å²) in [7, 11) is 0. The standard InChI is InChI=1S/C18H25N3S/c1-4-7-16-15-12-22-18(2,3)10-13(15)14(11-19)17(20-16)21-8-5-6-9-21/h4-10,12H2,1-3H3/p+1. The second kappa shape index (κ2) is 6.12. The lowest BCUT2D eigenvalue weighted by Gasteiger charge is -2.32. The van der Waals surface area contributed by atoms with Crippen LogP contribution in [0.25, 0.3) is 0 Å². The molecule has 1 aromatic heterocycles. The second-order valence-electron chi connectivity index (χ2n) is 7.07. The van der Waals surface area contributed by atoms with E-state index in [1.165, 1.54) is 29.7 Å². The van der Waals surface area contributed by atoms with Crippen LogP contribution in [0, 0.1) is 11.3 Å². The third-order valence-electron chi connectivity index (χ3n) is 4.78. The van der Waals surface area contributed by atoms with Crippen molar-refractivity contribution in [1.82, 2.24) is 0 Å². The van der Waals surface area contributed by atoms with Gasteiger partial charge < -0.3 is 0 Å². The third-order valence-corrected chi connectivity index (χ3v) is 6.14. The van der Waals surface area contributed by atoms with Crippen LogP contribution in [0.3, 0.4) is 0 Å². The highest BCUT2D eigenvalue weighted by atomic mass is 32.2. The first-order chi connectivity index (χ1) is 10.6. The Morgan fingerprint density at radius 2 is 2.00 bits per heavy atom. The highest BCUT2D eigenvalue weighted by Crippen LogP contribution is 2.41. The van der Waals surface area contributed by atoms with Crippen LogP contribution in [0.5, 0.6) is 0 Å². The molecular weight excluding hydrogens is 290 g/mol. The van der Waals surface area contributed by atoms with Crippen LogP contribution in [0.4, 0.5) is 5.82 Å². The van der Waals surface area contributed by atoms with Gasteiger partial charge in [-0.3, -0.25) is 4.90 Å². The van der Waals surface area contributed by atoms with Gasteiger partial charge in [0.25, 0.3) is 5.82 Å². The molecule has 2 aliphatic heterocycles. The van der Waals surface area contributed by atoms with E-state index in [1.807, 2.05) is 11.8 Å². The molecule has 4 heteroatoms. The van der Waals surface area contributed by atoms with Gasteiger partial charge in [-0.1, -0.05) is 20.8 Å². The molecule has 3 heterocycles. The molecule has 0 aliphatic carbocycles. The summed E-state index contributed by atoms with van der Waals surface area (Å²) in [4.78, 5) is 6.03. The Bertz CT molecular complexity index is 610. The van der Waals surface area contributed by atoms with Gasteiger partial charge in [0.15, 0.2) is 0 Å². The zero-order valence-corrected chi connectivity index (χ0v) is 14.8. The van der Waals surface area contributed by atoms with Crippen LogP contribution in [0.2, 0.25) is 0 Å². The maximum atomic E-state index is 9.82. The number of aromatic nitrogens is 1. The quantitative estimate of drug-likeness (QED) is 0.857. The Hall–Kier alpha value is -1.21. The van der Waals surface area contributed by atoms with Crippen molar-refractivity contribution in [2.45, 2.75) is 63.4 Å². The van der Waals surface area contributed by atoms with Crippen molar-refractivity contribution in [3.63, 3.8) is 0 Å². The molecule has 1 N–H and O–H groups in total. The maximum Gasteiger partial charge on any atom is 0.293 e. The number of aromatic amines is 1. The molecule has 1 fully saturated rings. The summed E-state index contributed by atoms with van der Waals surface area (Å²) in [6.07, 6.45) is 5.70. The third kappa shape index (κ3) is 2.84. The van der Waals surface area contributed by atoms with E-state index in [4.69, 9.17) is 0 Å². The number of anilines is 1. The number of nitriles is 1. The average Bonchev–Trinajstić information content (AvgIpc) is 3.00. The Labute approximate surface area is 138 Å². The summed E-state index contributed by atoms with van der Waals surface area (Å²) < 4.78 is 0.228. The van der Waals surface area contributed by atoms with E-state index < -0.39 is 0 Å². The molecule has 2 aliphatic rings. The molecule has 1 aromatic rings. The van der Waals surface area contributed by atoms with Crippen molar-refractivity contribution in [2.75, 3.05) is 18.0 Å². The van der Waals surface area contributed by atoms with Crippen LogP contribution in [0.15, 0.2) is 0 Å². The number of H-pyrrole nitrogens is 1.